The summed E-state index contributed by atoms with van der Waals surface area (Å²) in [6, 6.07) is 4.09. The number of alkyl halides is 3. The van der Waals surface area contributed by atoms with Gasteiger partial charge in [-0.1, -0.05) is 12.8 Å². The molecule has 0 bridgehead atoms. The van der Waals surface area contributed by atoms with Crippen molar-refractivity contribution >= 4 is 29.3 Å². The van der Waals surface area contributed by atoms with Crippen LogP contribution < -0.4 is 26.0 Å². The molecule has 40 heavy (non-hydrogen) atoms. The van der Waals surface area contributed by atoms with Crippen molar-refractivity contribution in [2.75, 3.05) is 37.9 Å². The summed E-state index contributed by atoms with van der Waals surface area (Å²) in [5.41, 5.74) is -0.221. The van der Waals surface area contributed by atoms with Crippen LogP contribution >= 0.6 is 0 Å². The maximum absolute atomic E-state index is 13.8. The zero-order chi connectivity index (χ0) is 28.9. The molecule has 4 N–H and O–H groups in total. The number of piperidine rings is 1. The minimum atomic E-state index is -4.68. The molecule has 1 aliphatic heterocycles. The number of carbonyl (C=O) groups excluding carboxylic acids is 2. The summed E-state index contributed by atoms with van der Waals surface area (Å²) in [4.78, 5) is 34.7. The van der Waals surface area contributed by atoms with Gasteiger partial charge in [0.2, 0.25) is 11.9 Å². The summed E-state index contributed by atoms with van der Waals surface area (Å²) >= 11 is 0. The van der Waals surface area contributed by atoms with Crippen molar-refractivity contribution in [3.63, 3.8) is 0 Å². The van der Waals surface area contributed by atoms with Crippen LogP contribution in [0.1, 0.15) is 61.4 Å². The van der Waals surface area contributed by atoms with Gasteiger partial charge in [0.15, 0.2) is 0 Å². The fourth-order valence-electron chi connectivity index (χ4n) is 5.28. The van der Waals surface area contributed by atoms with Crippen LogP contribution in [0.4, 0.5) is 30.6 Å². The Bertz CT molecular complexity index is 1210. The first kappa shape index (κ1) is 29.4. The van der Waals surface area contributed by atoms with Gasteiger partial charge in [-0.05, 0) is 57.5 Å². The molecule has 0 spiro atoms. The van der Waals surface area contributed by atoms with Crippen molar-refractivity contribution in [2.24, 2.45) is 0 Å². The van der Waals surface area contributed by atoms with E-state index in [-0.39, 0.29) is 35.7 Å². The molecule has 2 aliphatic rings. The molecule has 1 saturated heterocycles. The monoisotopic (exact) mass is 563 g/mol. The van der Waals surface area contributed by atoms with E-state index >= 15 is 0 Å². The van der Waals surface area contributed by atoms with Crippen molar-refractivity contribution in [3.8, 4) is 5.75 Å². The Hall–Kier alpha value is -3.61. The van der Waals surface area contributed by atoms with Crippen molar-refractivity contribution in [3.05, 3.63) is 35.5 Å². The minimum Gasteiger partial charge on any atom is -0.495 e. The number of likely N-dealkylation sites (tertiary alicyclic amines) is 1. The number of aromatic nitrogens is 2. The second-order valence-electron chi connectivity index (χ2n) is 10.4. The van der Waals surface area contributed by atoms with Crippen molar-refractivity contribution < 1.29 is 27.5 Å². The molecule has 1 aliphatic carbocycles. The maximum Gasteiger partial charge on any atom is 0.421 e. The van der Waals surface area contributed by atoms with Crippen LogP contribution in [0.2, 0.25) is 0 Å². The van der Waals surface area contributed by atoms with Crippen molar-refractivity contribution in [1.82, 2.24) is 25.5 Å². The summed E-state index contributed by atoms with van der Waals surface area (Å²) in [6.45, 7) is 3.16. The van der Waals surface area contributed by atoms with E-state index < -0.39 is 17.8 Å². The average molecular weight is 564 g/mol. The van der Waals surface area contributed by atoms with Gasteiger partial charge in [-0.15, -0.1) is 0 Å². The molecule has 2 fully saturated rings. The molecule has 10 nitrogen and oxygen atoms in total. The van der Waals surface area contributed by atoms with Gasteiger partial charge in [-0.2, -0.15) is 18.2 Å². The van der Waals surface area contributed by atoms with Crippen LogP contribution in [0.5, 0.6) is 5.75 Å². The molecule has 0 radical (unpaired) electrons. The van der Waals surface area contributed by atoms with Crippen LogP contribution in [0.3, 0.4) is 0 Å². The molecule has 2 amide bonds. The Morgan fingerprint density at radius 2 is 1.82 bits per heavy atom. The van der Waals surface area contributed by atoms with Crippen LogP contribution in [0.25, 0.3) is 0 Å². The highest BCUT2D eigenvalue weighted by molar-refractivity contribution is 5.95. The predicted molar refractivity (Wildman–Crippen MR) is 145 cm³/mol. The second-order valence-corrected chi connectivity index (χ2v) is 10.4. The van der Waals surface area contributed by atoms with E-state index in [1.165, 1.54) is 14.0 Å². The fourth-order valence-corrected chi connectivity index (χ4v) is 5.28. The molecule has 1 aromatic heterocycles. The van der Waals surface area contributed by atoms with Gasteiger partial charge in [0.1, 0.15) is 17.1 Å². The molecule has 2 aromatic rings. The van der Waals surface area contributed by atoms with E-state index in [0.717, 1.165) is 45.0 Å². The third-order valence-electron chi connectivity index (χ3n) is 7.24. The Morgan fingerprint density at radius 1 is 1.07 bits per heavy atom. The van der Waals surface area contributed by atoms with E-state index in [1.807, 2.05) is 7.05 Å². The molecule has 1 saturated carbocycles. The number of rotatable bonds is 8. The Morgan fingerprint density at radius 3 is 2.50 bits per heavy atom. The summed E-state index contributed by atoms with van der Waals surface area (Å²) in [6.07, 6.45) is 0.888. The number of carbonyl (C=O) groups is 2. The fraction of sp³-hybridized carbons (Fsp3) is 0.556. The molecule has 1 unspecified atom stereocenters. The highest BCUT2D eigenvalue weighted by Gasteiger charge is 2.37. The summed E-state index contributed by atoms with van der Waals surface area (Å²) < 4.78 is 46.9. The van der Waals surface area contributed by atoms with E-state index in [4.69, 9.17) is 4.74 Å². The molecule has 1 aromatic carbocycles. The van der Waals surface area contributed by atoms with E-state index in [2.05, 4.69) is 36.1 Å². The normalized spacial score (nSPS) is 21.8. The molecule has 218 valence electrons. The van der Waals surface area contributed by atoms with Crippen LogP contribution in [-0.2, 0) is 11.0 Å². The standard InChI is InChI=1S/C27H36F3N7O3/c1-16(38)32-20-8-4-5-9-21(20)34-24-19(27(28,29)30)14-31-26(36-24)35-22-11-10-17(13-23(22)40-3)25(39)33-18-7-6-12-37(2)15-18/h10-11,13-14,18,20-21H,4-9,12,15H2,1-3H3,(H,32,38)(H,33,39)(H2,31,34,35,36)/t18?,20-,21-/m0/s1. The number of hydrogen-bond acceptors (Lipinski definition) is 8. The molecule has 3 atom stereocenters. The Kier molecular flexibility index (Phi) is 9.33. The van der Waals surface area contributed by atoms with Crippen LogP contribution in [0, 0.1) is 0 Å². The molecule has 4 rings (SSSR count). The number of hydrogen-bond donors (Lipinski definition) is 4. The largest absolute Gasteiger partial charge is 0.495 e. The minimum absolute atomic E-state index is 0.0518. The number of methoxy groups -OCH3 is 1. The average Bonchev–Trinajstić information content (AvgIpc) is 2.89. The van der Waals surface area contributed by atoms with Gasteiger partial charge in [0, 0.05) is 43.4 Å². The highest BCUT2D eigenvalue weighted by atomic mass is 19.4. The number of benzene rings is 1. The first-order valence-electron chi connectivity index (χ1n) is 13.5. The number of likely N-dealkylation sites (N-methyl/N-ethyl adjacent to an activating group) is 1. The summed E-state index contributed by atoms with van der Waals surface area (Å²) in [7, 11) is 3.45. The Labute approximate surface area is 231 Å². The van der Waals surface area contributed by atoms with E-state index in [1.54, 1.807) is 18.2 Å². The van der Waals surface area contributed by atoms with Gasteiger partial charge in [-0.25, -0.2) is 4.98 Å². The maximum atomic E-state index is 13.8. The zero-order valence-electron chi connectivity index (χ0n) is 22.9. The molecule has 2 heterocycles. The van der Waals surface area contributed by atoms with Gasteiger partial charge in [0.05, 0.1) is 12.8 Å². The molecular weight excluding hydrogens is 527 g/mol. The lowest BCUT2D eigenvalue weighted by atomic mass is 9.90. The zero-order valence-corrected chi connectivity index (χ0v) is 22.9. The lowest BCUT2D eigenvalue weighted by Crippen LogP contribution is -2.48. The van der Waals surface area contributed by atoms with E-state index in [0.29, 0.717) is 29.8 Å². The highest BCUT2D eigenvalue weighted by Crippen LogP contribution is 2.36. The van der Waals surface area contributed by atoms with Crippen LogP contribution in [-0.4, -0.2) is 72.1 Å². The number of ether oxygens (including phenoxy) is 1. The van der Waals surface area contributed by atoms with E-state index in [9.17, 15) is 22.8 Å². The molecule has 13 heteroatoms. The lowest BCUT2D eigenvalue weighted by molar-refractivity contribution is -0.137. The predicted octanol–water partition coefficient (Wildman–Crippen LogP) is 3.93. The van der Waals surface area contributed by atoms with Gasteiger partial charge in [0.25, 0.3) is 5.91 Å². The number of nitrogens with one attached hydrogen (secondary N) is 4. The third-order valence-corrected chi connectivity index (χ3v) is 7.24. The SMILES string of the molecule is COc1cc(C(=O)NC2CCCN(C)C2)ccc1Nc1ncc(C(F)(F)F)c(N[C@H]2CCCC[C@@H]2NC(C)=O)n1. The van der Waals surface area contributed by atoms with Gasteiger partial charge in [-0.3, -0.25) is 9.59 Å². The van der Waals surface area contributed by atoms with Crippen LogP contribution in [0.15, 0.2) is 24.4 Å². The number of nitrogens with zero attached hydrogens (tertiary/aromatic N) is 3. The second kappa shape index (κ2) is 12.7. The van der Waals surface area contributed by atoms with Gasteiger partial charge >= 0.3 is 6.18 Å². The first-order valence-corrected chi connectivity index (χ1v) is 13.5. The smallest absolute Gasteiger partial charge is 0.421 e. The topological polar surface area (TPSA) is 121 Å². The lowest BCUT2D eigenvalue weighted by Gasteiger charge is -2.33. The summed E-state index contributed by atoms with van der Waals surface area (Å²) in [5.74, 6) is -0.620. The Balaban J connectivity index is 1.54. The summed E-state index contributed by atoms with van der Waals surface area (Å²) in [5, 5.41) is 11.7. The number of amides is 2. The first-order chi connectivity index (χ1) is 19.0. The number of anilines is 3. The van der Waals surface area contributed by atoms with Crippen molar-refractivity contribution in [2.45, 2.75) is 69.8 Å². The van der Waals surface area contributed by atoms with Crippen molar-refractivity contribution in [1.29, 1.82) is 0 Å². The molecular formula is C27H36F3N7O3. The van der Waals surface area contributed by atoms with Gasteiger partial charge < -0.3 is 30.9 Å². The third kappa shape index (κ3) is 7.52. The quantitative estimate of drug-likeness (QED) is 0.382. The number of halogens is 3.